The minimum atomic E-state index is -0.960. The van der Waals surface area contributed by atoms with Gasteiger partial charge in [0.1, 0.15) is 29.7 Å². The molecule has 14 heteroatoms. The Hall–Kier alpha value is -5.99. The predicted octanol–water partition coefficient (Wildman–Crippen LogP) is 4.79. The van der Waals surface area contributed by atoms with Crippen LogP contribution in [-0.2, 0) is 32.8 Å². The van der Waals surface area contributed by atoms with E-state index in [1.807, 2.05) is 43.3 Å². The number of piperazine rings is 1. The molecule has 60 heavy (non-hydrogen) atoms. The van der Waals surface area contributed by atoms with E-state index in [4.69, 9.17) is 9.98 Å². The molecule has 1 saturated heterocycles. The van der Waals surface area contributed by atoms with Crippen molar-refractivity contribution in [3.63, 3.8) is 0 Å². The first-order chi connectivity index (χ1) is 29.0. The van der Waals surface area contributed by atoms with Gasteiger partial charge in [-0.2, -0.15) is 0 Å². The summed E-state index contributed by atoms with van der Waals surface area (Å²) in [7, 11) is 0. The molecule has 0 saturated carbocycles. The summed E-state index contributed by atoms with van der Waals surface area (Å²) in [6, 6.07) is 16.5. The molecule has 2 unspecified atom stereocenters. The minimum Gasteiger partial charge on any atom is -0.384 e. The third kappa shape index (κ3) is 8.94. The number of aldehydes is 1. The van der Waals surface area contributed by atoms with Crippen LogP contribution >= 0.6 is 0 Å². The molecule has 3 amide bonds. The van der Waals surface area contributed by atoms with E-state index in [1.54, 1.807) is 18.2 Å². The Labute approximate surface area is 350 Å². The smallest absolute Gasteiger partial charge is 0.264 e. The van der Waals surface area contributed by atoms with Crippen LogP contribution in [-0.4, -0.2) is 107 Å². The summed E-state index contributed by atoms with van der Waals surface area (Å²) in [4.78, 5) is 78.8. The van der Waals surface area contributed by atoms with Gasteiger partial charge in [0, 0.05) is 51.3 Å². The second-order valence-corrected chi connectivity index (χ2v) is 15.9. The predicted molar refractivity (Wildman–Crippen MR) is 231 cm³/mol. The first kappa shape index (κ1) is 42.1. The summed E-state index contributed by atoms with van der Waals surface area (Å²) in [6.45, 7) is 11.3. The summed E-state index contributed by atoms with van der Waals surface area (Å²) in [5.74, 6) is -0.615. The molecule has 0 bridgehead atoms. The second kappa shape index (κ2) is 18.5. The number of carbonyl (C=O) groups excluding carboxylic acids is 5. The molecular formula is C46H54N8O6. The van der Waals surface area contributed by atoms with Crippen molar-refractivity contribution in [3.8, 4) is 0 Å². The van der Waals surface area contributed by atoms with Crippen LogP contribution in [0, 0.1) is 0 Å². The van der Waals surface area contributed by atoms with E-state index in [-0.39, 0.29) is 30.7 Å². The molecule has 4 heterocycles. The van der Waals surface area contributed by atoms with Gasteiger partial charge in [-0.3, -0.25) is 29.0 Å². The highest BCUT2D eigenvalue weighted by Gasteiger charge is 2.44. The van der Waals surface area contributed by atoms with Gasteiger partial charge in [-0.25, -0.2) is 9.98 Å². The number of aromatic nitrogens is 1. The van der Waals surface area contributed by atoms with Crippen molar-refractivity contribution in [2.45, 2.75) is 83.0 Å². The number of rotatable bonds is 17. The van der Waals surface area contributed by atoms with Crippen molar-refractivity contribution in [2.24, 2.45) is 4.99 Å². The minimum absolute atomic E-state index is 0.0895. The monoisotopic (exact) mass is 814 g/mol. The van der Waals surface area contributed by atoms with Crippen LogP contribution < -0.4 is 20.9 Å². The summed E-state index contributed by atoms with van der Waals surface area (Å²) < 4.78 is 0. The topological polar surface area (TPSA) is 177 Å². The third-order valence-corrected chi connectivity index (χ3v) is 12.0. The number of carbonyl (C=O) groups is 5. The van der Waals surface area contributed by atoms with E-state index >= 15 is 0 Å². The van der Waals surface area contributed by atoms with E-state index in [0.717, 1.165) is 55.0 Å². The number of imide groups is 1. The molecule has 4 aliphatic rings. The van der Waals surface area contributed by atoms with E-state index < -0.39 is 23.5 Å². The molecule has 4 N–H and O–H groups in total. The fourth-order valence-electron chi connectivity index (χ4n) is 8.59. The number of ketones is 1. The molecule has 2 aromatic carbocycles. The fraction of sp³-hybridized carbons (Fsp3) is 0.413. The average molecular weight is 815 g/mol. The normalized spacial score (nSPS) is 20.5. The zero-order valence-corrected chi connectivity index (χ0v) is 34.4. The number of benzene rings is 2. The van der Waals surface area contributed by atoms with Gasteiger partial charge in [-0.15, -0.1) is 6.58 Å². The lowest BCUT2D eigenvalue weighted by atomic mass is 9.98. The van der Waals surface area contributed by atoms with Crippen LogP contribution in [0.4, 0.5) is 17.2 Å². The maximum atomic E-state index is 13.6. The number of aryl methyl sites for hydroxylation is 2. The highest BCUT2D eigenvalue weighted by atomic mass is 16.3. The molecule has 1 fully saturated rings. The van der Waals surface area contributed by atoms with Crippen molar-refractivity contribution in [1.82, 2.24) is 20.1 Å². The number of aliphatic imine (C=N–C) groups is 1. The van der Waals surface area contributed by atoms with Gasteiger partial charge in [0.15, 0.2) is 5.78 Å². The summed E-state index contributed by atoms with van der Waals surface area (Å²) in [5.41, 5.74) is 4.65. The molecule has 3 aliphatic heterocycles. The Kier molecular flexibility index (Phi) is 13.0. The molecule has 1 aliphatic carbocycles. The number of fused-ring (bicyclic) bond motifs is 2. The number of nitrogens with one attached hydrogen (secondary N) is 3. The molecule has 1 aromatic heterocycles. The second-order valence-electron chi connectivity index (χ2n) is 15.9. The Bertz CT molecular complexity index is 2210. The standard InChI is InChI=1S/C46H54N8O6/c1-4-23-47-43(57)35-18-20-38(50-42(35)51-39-19-15-32-21-22-46(60,5-2)41(32)49-39)48-33-16-13-31(14-17-33)9-7-24-52-25-27-53(28-26-52)37-11-6-10-34-40(37)45(59)54(44(34)58)36(30(3)56)12-8-29-55/h4,6,10-11,13-19,29,36,38,48,60H,1,5,7-9,12,20-28H2,2-3H3,(H,47,57)(H,49,50,51)/t36?,38?,46-/m1/s1. The van der Waals surface area contributed by atoms with Gasteiger partial charge >= 0.3 is 0 Å². The number of anilines is 3. The molecule has 14 nitrogen and oxygen atoms in total. The Morgan fingerprint density at radius 2 is 1.83 bits per heavy atom. The molecular weight excluding hydrogens is 761 g/mol. The number of hydrogen-bond donors (Lipinski definition) is 4. The quantitative estimate of drug-likeness (QED) is 0.0838. The van der Waals surface area contributed by atoms with Crippen molar-refractivity contribution < 1.29 is 29.1 Å². The maximum Gasteiger partial charge on any atom is 0.264 e. The van der Waals surface area contributed by atoms with Crippen molar-refractivity contribution in [3.05, 3.63) is 107 Å². The van der Waals surface area contributed by atoms with Gasteiger partial charge in [0.05, 0.1) is 34.1 Å². The zero-order valence-electron chi connectivity index (χ0n) is 34.4. The largest absolute Gasteiger partial charge is 0.384 e. The van der Waals surface area contributed by atoms with Crippen molar-refractivity contribution in [1.29, 1.82) is 0 Å². The van der Waals surface area contributed by atoms with Gasteiger partial charge in [0.25, 0.3) is 17.7 Å². The lowest BCUT2D eigenvalue weighted by Crippen LogP contribution is -2.47. The zero-order chi connectivity index (χ0) is 42.4. The molecule has 0 spiro atoms. The van der Waals surface area contributed by atoms with Crippen LogP contribution in [0.15, 0.2) is 83.9 Å². The first-order valence-corrected chi connectivity index (χ1v) is 21.0. The summed E-state index contributed by atoms with van der Waals surface area (Å²) in [6.07, 6.45) is 8.45. The van der Waals surface area contributed by atoms with Crippen molar-refractivity contribution >= 4 is 52.8 Å². The molecule has 7 rings (SSSR count). The third-order valence-electron chi connectivity index (χ3n) is 12.0. The fourth-order valence-corrected chi connectivity index (χ4v) is 8.59. The molecule has 3 aromatic rings. The number of dihydropyridines is 1. The summed E-state index contributed by atoms with van der Waals surface area (Å²) >= 11 is 0. The van der Waals surface area contributed by atoms with E-state index in [1.165, 1.54) is 12.5 Å². The summed E-state index contributed by atoms with van der Waals surface area (Å²) in [5, 5.41) is 20.7. The SMILES string of the molecule is C=CCNC(=O)C1=CCC(Nc2ccc(CCCN3CCN(c4cccc5c4C(=O)N(C(CCC=O)C(C)=O)C5=O)CC3)cc2)N=C1Nc1ccc2c(n1)[C@@](O)(CC)CC2. The number of amidine groups is 1. The van der Waals surface area contributed by atoms with E-state index in [2.05, 4.69) is 44.5 Å². The molecule has 0 radical (unpaired) electrons. The van der Waals surface area contributed by atoms with Gasteiger partial charge in [0.2, 0.25) is 0 Å². The van der Waals surface area contributed by atoms with Crippen LogP contribution in [0.3, 0.4) is 0 Å². The van der Waals surface area contributed by atoms with Gasteiger partial charge in [-0.05, 0) is 93.5 Å². The Balaban J connectivity index is 0.920. The van der Waals surface area contributed by atoms with Crippen LogP contribution in [0.1, 0.15) is 89.9 Å². The lowest BCUT2D eigenvalue weighted by molar-refractivity contribution is -0.121. The number of hydrogen-bond acceptors (Lipinski definition) is 12. The molecule has 314 valence electrons. The van der Waals surface area contributed by atoms with Gasteiger partial charge in [-0.1, -0.05) is 43.3 Å². The van der Waals surface area contributed by atoms with E-state index in [9.17, 15) is 29.1 Å². The van der Waals surface area contributed by atoms with Crippen LogP contribution in [0.2, 0.25) is 0 Å². The van der Waals surface area contributed by atoms with Crippen LogP contribution in [0.25, 0.3) is 0 Å². The molecule has 3 atom stereocenters. The Morgan fingerprint density at radius 1 is 1.05 bits per heavy atom. The number of nitrogens with zero attached hydrogens (tertiary/aromatic N) is 5. The maximum absolute atomic E-state index is 13.6. The highest BCUT2D eigenvalue weighted by molar-refractivity contribution is 6.26. The lowest BCUT2D eigenvalue weighted by Gasteiger charge is -2.36. The number of pyridine rings is 1. The van der Waals surface area contributed by atoms with Crippen LogP contribution in [0.5, 0.6) is 0 Å². The first-order valence-electron chi connectivity index (χ1n) is 21.0. The van der Waals surface area contributed by atoms with E-state index in [0.29, 0.717) is 84.9 Å². The number of aliphatic hydroxyl groups is 1. The van der Waals surface area contributed by atoms with Crippen molar-refractivity contribution in [2.75, 3.05) is 54.8 Å². The highest BCUT2D eigenvalue weighted by Crippen LogP contribution is 2.39. The number of amides is 3. The Morgan fingerprint density at radius 3 is 2.55 bits per heavy atom. The van der Waals surface area contributed by atoms with Gasteiger partial charge < -0.3 is 30.8 Å². The average Bonchev–Trinajstić information content (AvgIpc) is 3.72. The number of Topliss-reactive ketones (excluding diaryl/α,β-unsaturated/α-hetero) is 1.